The van der Waals surface area contributed by atoms with Gasteiger partial charge in [-0.3, -0.25) is 4.79 Å². The van der Waals surface area contributed by atoms with Gasteiger partial charge in [-0.05, 0) is 24.8 Å². The maximum absolute atomic E-state index is 11.6. The van der Waals surface area contributed by atoms with Crippen molar-refractivity contribution >= 4 is 5.78 Å². The van der Waals surface area contributed by atoms with E-state index in [-0.39, 0.29) is 11.2 Å². The average Bonchev–Trinajstić information content (AvgIpc) is 2.03. The fraction of sp³-hybridized carbons (Fsp3) is 0.417. The summed E-state index contributed by atoms with van der Waals surface area (Å²) in [5, 5.41) is 0. The van der Waals surface area contributed by atoms with Crippen molar-refractivity contribution in [1.82, 2.24) is 0 Å². The van der Waals surface area contributed by atoms with Crippen molar-refractivity contribution in [3.8, 4) is 0 Å². The Hall–Kier alpha value is -1.11. The molecule has 0 N–H and O–H groups in total. The van der Waals surface area contributed by atoms with E-state index in [1.165, 1.54) is 0 Å². The van der Waals surface area contributed by atoms with Crippen LogP contribution in [0.15, 0.2) is 36.0 Å². The van der Waals surface area contributed by atoms with Crippen molar-refractivity contribution in [1.29, 1.82) is 0 Å². The molecule has 0 saturated heterocycles. The van der Waals surface area contributed by atoms with Crippen LogP contribution in [0.3, 0.4) is 0 Å². The summed E-state index contributed by atoms with van der Waals surface area (Å²) in [4.78, 5) is 11.6. The lowest BCUT2D eigenvalue weighted by Gasteiger charge is -2.27. The molecule has 0 aromatic rings. The van der Waals surface area contributed by atoms with Crippen LogP contribution < -0.4 is 0 Å². The number of hydrogen-bond donors (Lipinski definition) is 0. The van der Waals surface area contributed by atoms with Crippen molar-refractivity contribution < 1.29 is 4.79 Å². The van der Waals surface area contributed by atoms with E-state index in [0.717, 1.165) is 12.0 Å². The number of carbonyl (C=O) groups is 1. The van der Waals surface area contributed by atoms with Crippen LogP contribution in [0.4, 0.5) is 0 Å². The Balaban J connectivity index is 2.94. The van der Waals surface area contributed by atoms with Gasteiger partial charge in [0.2, 0.25) is 0 Å². The van der Waals surface area contributed by atoms with Gasteiger partial charge in [-0.15, -0.1) is 0 Å². The largest absolute Gasteiger partial charge is 0.290 e. The Bertz CT molecular complexity index is 290. The molecule has 0 aromatic carbocycles. The SMILES string of the molecule is C/C=C/C(=O)C1=CC=CCC1(C)C. The third-order valence-corrected chi connectivity index (χ3v) is 2.34. The molecule has 0 fully saturated rings. The van der Waals surface area contributed by atoms with Gasteiger partial charge < -0.3 is 0 Å². The lowest BCUT2D eigenvalue weighted by atomic mass is 9.76. The molecule has 0 spiro atoms. The summed E-state index contributed by atoms with van der Waals surface area (Å²) in [6.07, 6.45) is 10.4. The Labute approximate surface area is 79.8 Å². The molecule has 0 unspecified atom stereocenters. The average molecular weight is 176 g/mol. The Morgan fingerprint density at radius 2 is 2.23 bits per heavy atom. The Morgan fingerprint density at radius 3 is 2.77 bits per heavy atom. The van der Waals surface area contributed by atoms with Crippen molar-refractivity contribution in [2.75, 3.05) is 0 Å². The molecule has 1 aliphatic rings. The second-order valence-electron chi connectivity index (χ2n) is 3.96. The summed E-state index contributed by atoms with van der Waals surface area (Å²) < 4.78 is 0. The number of carbonyl (C=O) groups excluding carboxylic acids is 1. The molecule has 1 nitrogen and oxygen atoms in total. The maximum atomic E-state index is 11.6. The van der Waals surface area contributed by atoms with Crippen molar-refractivity contribution in [3.63, 3.8) is 0 Å². The third kappa shape index (κ3) is 2.18. The minimum Gasteiger partial charge on any atom is -0.290 e. The summed E-state index contributed by atoms with van der Waals surface area (Å²) >= 11 is 0. The fourth-order valence-electron chi connectivity index (χ4n) is 1.52. The fourth-order valence-corrected chi connectivity index (χ4v) is 1.52. The summed E-state index contributed by atoms with van der Waals surface area (Å²) in [5.74, 6) is 0.136. The predicted octanol–water partition coefficient (Wildman–Crippen LogP) is 3.04. The third-order valence-electron chi connectivity index (χ3n) is 2.34. The van der Waals surface area contributed by atoms with Gasteiger partial charge in [-0.2, -0.15) is 0 Å². The van der Waals surface area contributed by atoms with Gasteiger partial charge >= 0.3 is 0 Å². The van der Waals surface area contributed by atoms with Crippen molar-refractivity contribution in [3.05, 3.63) is 36.0 Å². The highest BCUT2D eigenvalue weighted by atomic mass is 16.1. The van der Waals surface area contributed by atoms with Gasteiger partial charge in [-0.1, -0.05) is 38.2 Å². The summed E-state index contributed by atoms with van der Waals surface area (Å²) in [7, 11) is 0. The molecule has 1 heteroatoms. The zero-order chi connectivity index (χ0) is 9.90. The molecule has 70 valence electrons. The van der Waals surface area contributed by atoms with Crippen molar-refractivity contribution in [2.45, 2.75) is 27.2 Å². The van der Waals surface area contributed by atoms with Crippen molar-refractivity contribution in [2.24, 2.45) is 5.41 Å². The number of ketones is 1. The highest BCUT2D eigenvalue weighted by Gasteiger charge is 2.27. The normalized spacial score (nSPS) is 20.4. The first-order valence-corrected chi connectivity index (χ1v) is 4.62. The Kier molecular flexibility index (Phi) is 2.86. The minimum absolute atomic E-state index is 0.00859. The Morgan fingerprint density at radius 1 is 1.54 bits per heavy atom. The molecule has 13 heavy (non-hydrogen) atoms. The van der Waals surface area contributed by atoms with Crippen LogP contribution in [-0.2, 0) is 4.79 Å². The second-order valence-corrected chi connectivity index (χ2v) is 3.96. The maximum Gasteiger partial charge on any atom is 0.182 e. The highest BCUT2D eigenvalue weighted by Crippen LogP contribution is 2.34. The smallest absolute Gasteiger partial charge is 0.182 e. The van der Waals surface area contributed by atoms with Gasteiger partial charge in [0.25, 0.3) is 0 Å². The van der Waals surface area contributed by atoms with Gasteiger partial charge in [0.15, 0.2) is 5.78 Å². The summed E-state index contributed by atoms with van der Waals surface area (Å²) in [6.45, 7) is 6.07. The monoisotopic (exact) mass is 176 g/mol. The van der Waals surface area contributed by atoms with Crippen LogP contribution in [-0.4, -0.2) is 5.78 Å². The van der Waals surface area contributed by atoms with Crippen LogP contribution in [0, 0.1) is 5.41 Å². The van der Waals surface area contributed by atoms with Crippen LogP contribution >= 0.6 is 0 Å². The zero-order valence-electron chi connectivity index (χ0n) is 8.50. The second kappa shape index (κ2) is 3.73. The van der Waals surface area contributed by atoms with Crippen LogP contribution in [0.5, 0.6) is 0 Å². The molecule has 0 atom stereocenters. The van der Waals surface area contributed by atoms with Crippen LogP contribution in [0.25, 0.3) is 0 Å². The van der Waals surface area contributed by atoms with E-state index in [0.29, 0.717) is 0 Å². The van der Waals surface area contributed by atoms with E-state index in [9.17, 15) is 4.79 Å². The van der Waals surface area contributed by atoms with Crippen LogP contribution in [0.1, 0.15) is 27.2 Å². The number of allylic oxidation sites excluding steroid dienone is 6. The summed E-state index contributed by atoms with van der Waals surface area (Å²) in [5.41, 5.74) is 0.902. The van der Waals surface area contributed by atoms with E-state index < -0.39 is 0 Å². The standard InChI is InChI=1S/C12H16O/c1-4-7-11(13)10-8-5-6-9-12(10,2)3/h4-8H,9H2,1-3H3/b7-4+. The lowest BCUT2D eigenvalue weighted by molar-refractivity contribution is -0.112. The molecule has 0 radical (unpaired) electrons. The molecular weight excluding hydrogens is 160 g/mol. The number of rotatable bonds is 2. The summed E-state index contributed by atoms with van der Waals surface area (Å²) in [6, 6.07) is 0. The highest BCUT2D eigenvalue weighted by molar-refractivity contribution is 6.05. The van der Waals surface area contributed by atoms with E-state index in [1.54, 1.807) is 12.2 Å². The first-order chi connectivity index (χ1) is 6.08. The van der Waals surface area contributed by atoms with E-state index in [2.05, 4.69) is 19.9 Å². The molecule has 0 bridgehead atoms. The quantitative estimate of drug-likeness (QED) is 0.591. The van der Waals surface area contributed by atoms with Crippen LogP contribution in [0.2, 0.25) is 0 Å². The van der Waals surface area contributed by atoms with Gasteiger partial charge in [0.1, 0.15) is 0 Å². The molecule has 0 heterocycles. The first kappa shape index (κ1) is 9.97. The van der Waals surface area contributed by atoms with E-state index in [1.807, 2.05) is 19.1 Å². The molecule has 1 aliphatic carbocycles. The molecule has 1 rings (SSSR count). The van der Waals surface area contributed by atoms with Gasteiger partial charge in [-0.25, -0.2) is 0 Å². The lowest BCUT2D eigenvalue weighted by Crippen LogP contribution is -2.21. The minimum atomic E-state index is -0.00859. The molecule has 0 aliphatic heterocycles. The number of hydrogen-bond acceptors (Lipinski definition) is 1. The topological polar surface area (TPSA) is 17.1 Å². The van der Waals surface area contributed by atoms with Gasteiger partial charge in [0.05, 0.1) is 0 Å². The molecule has 0 saturated carbocycles. The van der Waals surface area contributed by atoms with E-state index in [4.69, 9.17) is 0 Å². The van der Waals surface area contributed by atoms with E-state index >= 15 is 0 Å². The molecule has 0 aromatic heterocycles. The predicted molar refractivity (Wildman–Crippen MR) is 55.4 cm³/mol. The van der Waals surface area contributed by atoms with Gasteiger partial charge in [0, 0.05) is 5.57 Å². The zero-order valence-corrected chi connectivity index (χ0v) is 8.50. The first-order valence-electron chi connectivity index (χ1n) is 4.62. The molecular formula is C12H16O. The molecule has 0 amide bonds.